The van der Waals surface area contributed by atoms with Gasteiger partial charge < -0.3 is 3.44 Å². The number of halogens is 1. The van der Waals surface area contributed by atoms with Gasteiger partial charge in [-0.25, -0.2) is 0 Å². The summed E-state index contributed by atoms with van der Waals surface area (Å²) in [6, 6.07) is 0. The van der Waals surface area contributed by atoms with Crippen LogP contribution in [0.25, 0.3) is 0 Å². The Hall–Kier alpha value is 0.470. The van der Waals surface area contributed by atoms with E-state index in [0.717, 1.165) is 0 Å². The minimum atomic E-state index is -5.14. The smallest absolute Gasteiger partial charge is 0.474 e. The quantitative estimate of drug-likeness (QED) is 0.401. The summed E-state index contributed by atoms with van der Waals surface area (Å²) in [6.45, 7) is 0. The molecule has 0 spiro atoms. The summed E-state index contributed by atoms with van der Waals surface area (Å²) in [5, 5.41) is 0. The van der Waals surface area contributed by atoms with Crippen molar-refractivity contribution in [2.45, 2.75) is 0 Å². The first kappa shape index (κ1) is 11.5. The summed E-state index contributed by atoms with van der Waals surface area (Å²) in [5.41, 5.74) is 0. The molecule has 0 rings (SSSR count). The van der Waals surface area contributed by atoms with Crippen molar-refractivity contribution in [2.24, 2.45) is 0 Å². The van der Waals surface area contributed by atoms with Crippen LogP contribution in [-0.4, -0.2) is 21.4 Å². The second-order valence-electron chi connectivity index (χ2n) is 1.03. The maximum Gasteiger partial charge on any atom is 0.474 e. The Balaban J connectivity index is 4.40. The Morgan fingerprint density at radius 3 is 2.00 bits per heavy atom. The molecule has 0 unspecified atom stereocenters. The molecule has 0 saturated carbocycles. The van der Waals surface area contributed by atoms with E-state index in [9.17, 15) is 20.3 Å². The van der Waals surface area contributed by atoms with Gasteiger partial charge in [-0.3, -0.25) is 4.55 Å². The number of hydrogen-bond acceptors (Lipinski definition) is 7. The zero-order chi connectivity index (χ0) is 9.12. The van der Waals surface area contributed by atoms with Crippen LogP contribution in [0.3, 0.4) is 0 Å². The Kier molecular flexibility index (Phi) is 4.09. The predicted molar refractivity (Wildman–Crippen MR) is 22.6 cm³/mol. The molecule has 0 fully saturated rings. The Bertz CT molecular complexity index is 293. The van der Waals surface area contributed by atoms with Crippen LogP contribution in [-0.2, 0) is 26.9 Å². The van der Waals surface area contributed by atoms with Crippen LogP contribution in [0.5, 0.6) is 0 Å². The van der Waals surface area contributed by atoms with Crippen LogP contribution in [0.2, 0.25) is 0 Å². The normalized spacial score (nSPS) is 13.3. The second kappa shape index (κ2) is 3.92. The lowest BCUT2D eigenvalue weighted by atomic mass is 15.8. The molecular formula is HIO8S2. The zero-order valence-corrected chi connectivity index (χ0v) is 8.29. The third-order valence-corrected chi connectivity index (χ3v) is 3.59. The number of rotatable bonds is 4. The Morgan fingerprint density at radius 2 is 1.73 bits per heavy atom. The predicted octanol–water partition coefficient (Wildman–Crippen LogP) is -5.65. The first-order valence-corrected chi connectivity index (χ1v) is 6.12. The van der Waals surface area contributed by atoms with Crippen molar-refractivity contribution in [1.82, 2.24) is 0 Å². The van der Waals surface area contributed by atoms with Crippen molar-refractivity contribution in [2.75, 3.05) is 0 Å². The second-order valence-corrected chi connectivity index (χ2v) is 4.81. The summed E-state index contributed by atoms with van der Waals surface area (Å²) in [4.78, 5) is 0. The fourth-order valence-corrected chi connectivity index (χ4v) is 2.22. The fraction of sp³-hybridized carbons (Fsp3) is 0. The van der Waals surface area contributed by atoms with Crippen molar-refractivity contribution in [3.8, 4) is 0 Å². The van der Waals surface area contributed by atoms with Gasteiger partial charge in [0.1, 0.15) is 0 Å². The van der Waals surface area contributed by atoms with Gasteiger partial charge in [-0.1, -0.05) is 3.63 Å². The monoisotopic (exact) mass is 320 g/mol. The molecule has 0 aliphatic rings. The van der Waals surface area contributed by atoms with Crippen LogP contribution in [0.15, 0.2) is 0 Å². The van der Waals surface area contributed by atoms with Gasteiger partial charge in [-0.2, -0.15) is 16.8 Å². The fourth-order valence-electron chi connectivity index (χ4n) is 0.147. The van der Waals surface area contributed by atoms with Crippen LogP contribution in [0.1, 0.15) is 0 Å². The van der Waals surface area contributed by atoms with Crippen molar-refractivity contribution in [3.05, 3.63) is 0 Å². The molecule has 0 aromatic heterocycles. The molecule has 0 amide bonds. The van der Waals surface area contributed by atoms with E-state index in [-0.39, 0.29) is 0 Å². The van der Waals surface area contributed by atoms with Gasteiger partial charge in [0.05, 0.1) is 0 Å². The largest absolute Gasteiger partial charge is 0.566 e. The van der Waals surface area contributed by atoms with E-state index in [1.54, 1.807) is 0 Å². The highest BCUT2D eigenvalue weighted by atomic mass is 127. The summed E-state index contributed by atoms with van der Waals surface area (Å²) in [6.07, 6.45) is 0. The third kappa shape index (κ3) is 6.85. The lowest BCUT2D eigenvalue weighted by molar-refractivity contribution is -1.25. The van der Waals surface area contributed by atoms with Gasteiger partial charge >= 0.3 is 42.8 Å². The molecule has 68 valence electrons. The van der Waals surface area contributed by atoms with Crippen LogP contribution >= 0.6 is 0 Å². The molecule has 0 aromatic rings. The van der Waals surface area contributed by atoms with E-state index >= 15 is 0 Å². The Morgan fingerprint density at radius 1 is 1.27 bits per heavy atom. The molecule has 8 nitrogen and oxygen atoms in total. The molecule has 0 bridgehead atoms. The molecule has 0 aliphatic heterocycles. The van der Waals surface area contributed by atoms with Crippen molar-refractivity contribution in [3.63, 3.8) is 0 Å². The molecule has 0 heterocycles. The molecule has 0 saturated heterocycles. The topological polar surface area (TPSA) is 130 Å². The van der Waals surface area contributed by atoms with E-state index in [1.165, 1.54) is 0 Å². The highest BCUT2D eigenvalue weighted by molar-refractivity contribution is 7.94. The standard InChI is InChI=1S/HIO8S2/c2-1-8-11(6,7)9-10(3,4)5/h(H,3,4,5). The molecule has 1 N–H and O–H groups in total. The molecule has 11 heavy (non-hydrogen) atoms. The molecular weight excluding hydrogens is 319 g/mol. The Labute approximate surface area is 73.8 Å². The molecule has 0 atom stereocenters. The van der Waals surface area contributed by atoms with E-state index in [0.29, 0.717) is 0 Å². The van der Waals surface area contributed by atoms with Gasteiger partial charge in [-0.05, 0) is 0 Å². The van der Waals surface area contributed by atoms with E-state index in [4.69, 9.17) is 4.55 Å². The molecule has 0 aliphatic carbocycles. The maximum absolute atomic E-state index is 10.1. The number of hydrogen-bond donors (Lipinski definition) is 1. The summed E-state index contributed by atoms with van der Waals surface area (Å²) in [5.74, 6) is 0. The van der Waals surface area contributed by atoms with Crippen LogP contribution < -0.4 is 25.5 Å². The van der Waals surface area contributed by atoms with Gasteiger partial charge in [0.25, 0.3) is 0 Å². The minimum Gasteiger partial charge on any atom is -0.566 e. The first-order valence-electron chi connectivity index (χ1n) is 1.66. The van der Waals surface area contributed by atoms with Gasteiger partial charge in [-0.15, -0.1) is 0 Å². The molecule has 0 radical (unpaired) electrons. The van der Waals surface area contributed by atoms with E-state index in [2.05, 4.69) is 6.14 Å². The third-order valence-electron chi connectivity index (χ3n) is 0.272. The maximum atomic E-state index is 10.1. The van der Waals surface area contributed by atoms with Crippen LogP contribution in [0, 0.1) is 0 Å². The average molecular weight is 320 g/mol. The van der Waals surface area contributed by atoms with E-state index in [1.807, 2.05) is 0 Å². The summed E-state index contributed by atoms with van der Waals surface area (Å²) < 4.78 is 63.3. The van der Waals surface area contributed by atoms with Crippen molar-refractivity contribution >= 4 is 20.8 Å². The minimum absolute atomic E-state index is 2.38. The summed E-state index contributed by atoms with van der Waals surface area (Å²) in [7, 11) is -10.0. The highest BCUT2D eigenvalue weighted by Gasteiger charge is 2.26. The van der Waals surface area contributed by atoms with Crippen molar-refractivity contribution < 1.29 is 53.0 Å². The molecule has 0 aromatic carbocycles. The van der Waals surface area contributed by atoms with E-state index < -0.39 is 42.8 Å². The SMILES string of the molecule is O=S(=O)(O)OS(=O)(=O)O[I+][O-]. The van der Waals surface area contributed by atoms with Gasteiger partial charge in [0.2, 0.25) is 0 Å². The first-order chi connectivity index (χ1) is 4.77. The average Bonchev–Trinajstić information content (AvgIpc) is 1.55. The lowest BCUT2D eigenvalue weighted by Gasteiger charge is -1.92. The summed E-state index contributed by atoms with van der Waals surface area (Å²) >= 11 is -2.38. The van der Waals surface area contributed by atoms with Gasteiger partial charge in [0, 0.05) is 2.51 Å². The van der Waals surface area contributed by atoms with Crippen molar-refractivity contribution in [1.29, 1.82) is 0 Å². The highest BCUT2D eigenvalue weighted by Crippen LogP contribution is 1.94. The lowest BCUT2D eigenvalue weighted by Crippen LogP contribution is -3.70. The van der Waals surface area contributed by atoms with Gasteiger partial charge in [0.15, 0.2) is 0 Å². The zero-order valence-electron chi connectivity index (χ0n) is 4.50. The van der Waals surface area contributed by atoms with Crippen LogP contribution in [0.4, 0.5) is 0 Å². The molecule has 11 heteroatoms.